The molecule has 3 nitrogen and oxygen atoms in total. The van der Waals surface area contributed by atoms with E-state index in [0.29, 0.717) is 13.2 Å². The summed E-state index contributed by atoms with van der Waals surface area (Å²) in [4.78, 5) is 0. The Kier molecular flexibility index (Phi) is 3.40. The number of fused-ring (bicyclic) bond motifs is 1. The van der Waals surface area contributed by atoms with E-state index < -0.39 is 0 Å². The molecule has 2 N–H and O–H groups in total. The summed E-state index contributed by atoms with van der Waals surface area (Å²) >= 11 is 0. The molecular weight excluding hydrogens is 238 g/mol. The summed E-state index contributed by atoms with van der Waals surface area (Å²) in [5.74, 6) is 1.86. The van der Waals surface area contributed by atoms with Gasteiger partial charge in [0.25, 0.3) is 0 Å². The lowest BCUT2D eigenvalue weighted by atomic mass is 9.76. The van der Waals surface area contributed by atoms with E-state index in [1.54, 1.807) is 0 Å². The number of nitrogens with two attached hydrogens (primary N) is 1. The highest BCUT2D eigenvalue weighted by molar-refractivity contribution is 5.54. The third-order valence-corrected chi connectivity index (χ3v) is 4.69. The fraction of sp³-hybridized carbons (Fsp3) is 0.625. The minimum atomic E-state index is 0.168. The summed E-state index contributed by atoms with van der Waals surface area (Å²) in [7, 11) is 0. The average molecular weight is 261 g/mol. The van der Waals surface area contributed by atoms with Gasteiger partial charge in [-0.25, -0.2) is 0 Å². The minimum Gasteiger partial charge on any atom is -0.486 e. The normalized spacial score (nSPS) is 20.5. The Morgan fingerprint density at radius 1 is 1.16 bits per heavy atom. The summed E-state index contributed by atoms with van der Waals surface area (Å²) in [6.45, 7) is 4.23. The van der Waals surface area contributed by atoms with Crippen LogP contribution in [-0.2, 0) is 11.8 Å². The second-order valence-electron chi connectivity index (χ2n) is 5.66. The van der Waals surface area contributed by atoms with Crippen LogP contribution in [0.1, 0.15) is 43.7 Å². The zero-order valence-corrected chi connectivity index (χ0v) is 11.7. The molecule has 0 spiro atoms. The van der Waals surface area contributed by atoms with Gasteiger partial charge < -0.3 is 15.2 Å². The van der Waals surface area contributed by atoms with Crippen molar-refractivity contribution in [2.75, 3.05) is 19.8 Å². The van der Waals surface area contributed by atoms with E-state index in [0.717, 1.165) is 24.5 Å². The number of benzene rings is 1. The van der Waals surface area contributed by atoms with Gasteiger partial charge in [-0.1, -0.05) is 25.8 Å². The van der Waals surface area contributed by atoms with Crippen LogP contribution < -0.4 is 15.2 Å². The van der Waals surface area contributed by atoms with Gasteiger partial charge in [0, 0.05) is 17.5 Å². The Morgan fingerprint density at radius 2 is 1.89 bits per heavy atom. The van der Waals surface area contributed by atoms with E-state index in [4.69, 9.17) is 15.2 Å². The number of hydrogen-bond donors (Lipinski definition) is 1. The van der Waals surface area contributed by atoms with Crippen molar-refractivity contribution >= 4 is 0 Å². The molecule has 0 unspecified atom stereocenters. The lowest BCUT2D eigenvalue weighted by Crippen LogP contribution is -2.33. The second kappa shape index (κ2) is 5.04. The molecular formula is C16H23NO2. The van der Waals surface area contributed by atoms with Crippen molar-refractivity contribution < 1.29 is 9.47 Å². The van der Waals surface area contributed by atoms with E-state index in [1.165, 1.54) is 36.8 Å². The van der Waals surface area contributed by atoms with E-state index in [2.05, 4.69) is 19.1 Å². The van der Waals surface area contributed by atoms with Crippen LogP contribution in [-0.4, -0.2) is 19.8 Å². The van der Waals surface area contributed by atoms with Gasteiger partial charge in [0.05, 0.1) is 0 Å². The molecule has 1 aromatic rings. The Bertz CT molecular complexity index is 464. The first-order valence-electron chi connectivity index (χ1n) is 7.43. The van der Waals surface area contributed by atoms with Crippen molar-refractivity contribution in [1.29, 1.82) is 0 Å². The smallest absolute Gasteiger partial charge is 0.164 e. The first kappa shape index (κ1) is 12.8. The molecule has 0 amide bonds. The van der Waals surface area contributed by atoms with Gasteiger partial charge in [-0.2, -0.15) is 0 Å². The van der Waals surface area contributed by atoms with Crippen molar-refractivity contribution in [2.24, 2.45) is 5.73 Å². The van der Waals surface area contributed by atoms with Crippen molar-refractivity contribution in [3.63, 3.8) is 0 Å². The standard InChI is InChI=1S/C16H23NO2/c1-2-12-13(16(11-17)7-3-4-8-16)5-6-14-15(12)19-10-9-18-14/h5-6H,2-4,7-11,17H2,1H3. The van der Waals surface area contributed by atoms with Crippen LogP contribution >= 0.6 is 0 Å². The first-order valence-corrected chi connectivity index (χ1v) is 7.43. The van der Waals surface area contributed by atoms with Gasteiger partial charge in [-0.15, -0.1) is 0 Å². The lowest BCUT2D eigenvalue weighted by Gasteiger charge is -2.32. The number of rotatable bonds is 3. The highest BCUT2D eigenvalue weighted by Crippen LogP contribution is 2.46. The molecule has 0 radical (unpaired) electrons. The SMILES string of the molecule is CCc1c(C2(CN)CCCC2)ccc2c1OCCO2. The van der Waals surface area contributed by atoms with Gasteiger partial charge in [-0.05, 0) is 30.9 Å². The maximum Gasteiger partial charge on any atom is 0.164 e. The molecule has 1 heterocycles. The van der Waals surface area contributed by atoms with Crippen molar-refractivity contribution in [3.05, 3.63) is 23.3 Å². The van der Waals surface area contributed by atoms with Crippen molar-refractivity contribution in [2.45, 2.75) is 44.4 Å². The average Bonchev–Trinajstić information content (AvgIpc) is 2.96. The van der Waals surface area contributed by atoms with Crippen LogP contribution in [0.2, 0.25) is 0 Å². The zero-order valence-electron chi connectivity index (χ0n) is 11.7. The van der Waals surface area contributed by atoms with Gasteiger partial charge in [0.1, 0.15) is 13.2 Å². The van der Waals surface area contributed by atoms with Crippen molar-refractivity contribution in [1.82, 2.24) is 0 Å². The van der Waals surface area contributed by atoms with Gasteiger partial charge in [-0.3, -0.25) is 0 Å². The third kappa shape index (κ3) is 2.00. The van der Waals surface area contributed by atoms with Crippen LogP contribution in [0.15, 0.2) is 12.1 Å². The fourth-order valence-electron chi connectivity index (χ4n) is 3.66. The van der Waals surface area contributed by atoms with E-state index >= 15 is 0 Å². The molecule has 3 rings (SSSR count). The van der Waals surface area contributed by atoms with E-state index in [9.17, 15) is 0 Å². The van der Waals surface area contributed by atoms with Crippen LogP contribution in [0, 0.1) is 0 Å². The topological polar surface area (TPSA) is 44.5 Å². The highest BCUT2D eigenvalue weighted by Gasteiger charge is 2.37. The summed E-state index contributed by atoms with van der Waals surface area (Å²) in [6, 6.07) is 4.29. The second-order valence-corrected chi connectivity index (χ2v) is 5.66. The van der Waals surface area contributed by atoms with Gasteiger partial charge in [0.15, 0.2) is 11.5 Å². The summed E-state index contributed by atoms with van der Waals surface area (Å²) in [5.41, 5.74) is 9.01. The predicted octanol–water partition coefficient (Wildman–Crippen LogP) is 2.79. The molecule has 0 bridgehead atoms. The molecule has 1 aliphatic carbocycles. The van der Waals surface area contributed by atoms with Crippen LogP contribution in [0.5, 0.6) is 11.5 Å². The van der Waals surface area contributed by atoms with Crippen molar-refractivity contribution in [3.8, 4) is 11.5 Å². The molecule has 0 aromatic heterocycles. The maximum absolute atomic E-state index is 6.13. The molecule has 1 aliphatic heterocycles. The quantitative estimate of drug-likeness (QED) is 0.910. The fourth-order valence-corrected chi connectivity index (χ4v) is 3.66. The molecule has 3 heteroatoms. The van der Waals surface area contributed by atoms with Crippen LogP contribution in [0.25, 0.3) is 0 Å². The largest absolute Gasteiger partial charge is 0.486 e. The molecule has 2 aliphatic rings. The molecule has 1 fully saturated rings. The zero-order chi connectivity index (χ0) is 13.3. The summed E-state index contributed by atoms with van der Waals surface area (Å²) in [6.07, 6.45) is 5.96. The number of hydrogen-bond acceptors (Lipinski definition) is 3. The highest BCUT2D eigenvalue weighted by atomic mass is 16.6. The monoisotopic (exact) mass is 261 g/mol. The van der Waals surface area contributed by atoms with Gasteiger partial charge >= 0.3 is 0 Å². The molecule has 104 valence electrons. The summed E-state index contributed by atoms with van der Waals surface area (Å²) < 4.78 is 11.6. The molecule has 19 heavy (non-hydrogen) atoms. The Balaban J connectivity index is 2.10. The van der Waals surface area contributed by atoms with E-state index in [-0.39, 0.29) is 5.41 Å². The molecule has 0 atom stereocenters. The Labute approximate surface area is 115 Å². The van der Waals surface area contributed by atoms with E-state index in [1.807, 2.05) is 0 Å². The third-order valence-electron chi connectivity index (χ3n) is 4.69. The Morgan fingerprint density at radius 3 is 2.58 bits per heavy atom. The predicted molar refractivity (Wildman–Crippen MR) is 76.0 cm³/mol. The Hall–Kier alpha value is -1.22. The molecule has 1 aromatic carbocycles. The first-order chi connectivity index (χ1) is 9.30. The summed E-state index contributed by atoms with van der Waals surface area (Å²) in [5, 5.41) is 0. The van der Waals surface area contributed by atoms with Crippen LogP contribution in [0.3, 0.4) is 0 Å². The number of ether oxygens (including phenoxy) is 2. The maximum atomic E-state index is 6.13. The molecule has 1 saturated carbocycles. The minimum absolute atomic E-state index is 0.168. The van der Waals surface area contributed by atoms with Crippen LogP contribution in [0.4, 0.5) is 0 Å². The molecule has 0 saturated heterocycles. The lowest BCUT2D eigenvalue weighted by molar-refractivity contribution is 0.169. The van der Waals surface area contributed by atoms with Gasteiger partial charge in [0.2, 0.25) is 0 Å².